The first kappa shape index (κ1) is 22.0. The van der Waals surface area contributed by atoms with E-state index in [1.807, 2.05) is 46.8 Å². The Kier molecular flexibility index (Phi) is 6.56. The van der Waals surface area contributed by atoms with E-state index < -0.39 is 12.1 Å². The highest BCUT2D eigenvalue weighted by Crippen LogP contribution is 2.44. The topological polar surface area (TPSA) is 74.2 Å². The highest BCUT2D eigenvalue weighted by molar-refractivity contribution is 5.96. The van der Waals surface area contributed by atoms with E-state index in [4.69, 9.17) is 18.9 Å². The van der Waals surface area contributed by atoms with E-state index in [0.717, 1.165) is 11.1 Å². The Hall–Kier alpha value is -2.73. The van der Waals surface area contributed by atoms with Gasteiger partial charge in [0.1, 0.15) is 23.7 Å². The van der Waals surface area contributed by atoms with Gasteiger partial charge in [-0.15, -0.1) is 0 Å². The highest BCUT2D eigenvalue weighted by atomic mass is 16.6. The van der Waals surface area contributed by atoms with Crippen molar-refractivity contribution in [3.8, 4) is 23.0 Å². The molecule has 0 aromatic heterocycles. The maximum atomic E-state index is 12.9. The molecule has 6 heteroatoms. The van der Waals surface area contributed by atoms with Crippen LogP contribution in [-0.4, -0.2) is 24.3 Å². The van der Waals surface area contributed by atoms with Gasteiger partial charge in [0.15, 0.2) is 11.5 Å². The van der Waals surface area contributed by atoms with Crippen LogP contribution >= 0.6 is 0 Å². The summed E-state index contributed by atoms with van der Waals surface area (Å²) in [5, 5.41) is 10.7. The second-order valence-electron chi connectivity index (χ2n) is 8.30. The van der Waals surface area contributed by atoms with E-state index in [2.05, 4.69) is 0 Å². The summed E-state index contributed by atoms with van der Waals surface area (Å²) in [5.41, 5.74) is 2.41. The van der Waals surface area contributed by atoms with Crippen molar-refractivity contribution in [3.05, 3.63) is 46.5 Å². The quantitative estimate of drug-likeness (QED) is 0.644. The number of carbonyl (C=O) groups is 1. The molecular formula is C24H30O6. The van der Waals surface area contributed by atoms with Crippen LogP contribution in [0.2, 0.25) is 0 Å². The number of rotatable bonds is 6. The third-order valence-corrected chi connectivity index (χ3v) is 4.82. The molecule has 1 aliphatic heterocycles. The smallest absolute Gasteiger partial charge is 0.346 e. The SMILES string of the molecule is COc1c(C(O)CC(C)C)ccc2c1C(=O)OCc1cc(C)cc(OC(C)C)c1O2. The van der Waals surface area contributed by atoms with Crippen molar-refractivity contribution in [1.82, 2.24) is 0 Å². The summed E-state index contributed by atoms with van der Waals surface area (Å²) in [6.07, 6.45) is -0.271. The molecule has 1 aliphatic rings. The standard InChI is InChI=1S/C24H30O6/c1-13(2)9-18(25)17-7-8-19-21(23(17)27-6)24(26)28-12-16-10-15(5)11-20(22(16)30-19)29-14(3)4/h7-8,10-11,13-14,18,25H,9,12H2,1-6H3. The Bertz CT molecular complexity index is 932. The second kappa shape index (κ2) is 8.96. The normalized spacial score (nSPS) is 14.2. The van der Waals surface area contributed by atoms with Crippen molar-refractivity contribution in [2.75, 3.05) is 7.11 Å². The molecule has 1 unspecified atom stereocenters. The van der Waals surface area contributed by atoms with Crippen molar-refractivity contribution in [2.24, 2.45) is 5.92 Å². The van der Waals surface area contributed by atoms with E-state index in [1.54, 1.807) is 12.1 Å². The Morgan fingerprint density at radius 1 is 1.17 bits per heavy atom. The van der Waals surface area contributed by atoms with Crippen LogP contribution in [0.1, 0.15) is 67.3 Å². The summed E-state index contributed by atoms with van der Waals surface area (Å²) in [6.45, 7) is 9.93. The predicted molar refractivity (Wildman–Crippen MR) is 114 cm³/mol. The third kappa shape index (κ3) is 4.54. The average Bonchev–Trinajstić information content (AvgIpc) is 2.65. The number of esters is 1. The van der Waals surface area contributed by atoms with E-state index in [0.29, 0.717) is 29.2 Å². The van der Waals surface area contributed by atoms with Crippen molar-refractivity contribution in [2.45, 2.75) is 59.9 Å². The van der Waals surface area contributed by atoms with E-state index >= 15 is 0 Å². The van der Waals surface area contributed by atoms with Crippen LogP contribution in [-0.2, 0) is 11.3 Å². The van der Waals surface area contributed by atoms with Crippen molar-refractivity contribution in [3.63, 3.8) is 0 Å². The van der Waals surface area contributed by atoms with E-state index in [9.17, 15) is 9.90 Å². The minimum Gasteiger partial charge on any atom is -0.495 e. The van der Waals surface area contributed by atoms with E-state index in [1.165, 1.54) is 7.11 Å². The molecule has 3 rings (SSSR count). The maximum Gasteiger partial charge on any atom is 0.346 e. The predicted octanol–water partition coefficient (Wildman–Crippen LogP) is 5.33. The third-order valence-electron chi connectivity index (χ3n) is 4.82. The van der Waals surface area contributed by atoms with Crippen LogP contribution in [0.25, 0.3) is 0 Å². The zero-order valence-corrected chi connectivity index (χ0v) is 18.4. The van der Waals surface area contributed by atoms with Gasteiger partial charge in [-0.3, -0.25) is 0 Å². The van der Waals surface area contributed by atoms with Crippen molar-refractivity contribution >= 4 is 5.97 Å². The van der Waals surface area contributed by atoms with Gasteiger partial charge in [0.05, 0.1) is 19.3 Å². The lowest BCUT2D eigenvalue weighted by Gasteiger charge is -2.25. The zero-order valence-electron chi connectivity index (χ0n) is 18.4. The number of ether oxygens (including phenoxy) is 4. The van der Waals surface area contributed by atoms with E-state index in [-0.39, 0.29) is 29.9 Å². The molecular weight excluding hydrogens is 384 g/mol. The van der Waals surface area contributed by atoms with Gasteiger partial charge in [-0.25, -0.2) is 4.79 Å². The fourth-order valence-corrected chi connectivity index (χ4v) is 3.62. The summed E-state index contributed by atoms with van der Waals surface area (Å²) in [4.78, 5) is 12.9. The van der Waals surface area contributed by atoms with Gasteiger partial charge in [0, 0.05) is 11.1 Å². The van der Waals surface area contributed by atoms with Gasteiger partial charge in [-0.1, -0.05) is 13.8 Å². The molecule has 2 aromatic rings. The molecule has 1 heterocycles. The number of carbonyl (C=O) groups excluding carboxylic acids is 1. The summed E-state index contributed by atoms with van der Waals surface area (Å²) in [7, 11) is 1.47. The summed E-state index contributed by atoms with van der Waals surface area (Å²) < 4.78 is 23.3. The average molecular weight is 414 g/mol. The molecule has 2 aromatic carbocycles. The molecule has 0 bridgehead atoms. The summed E-state index contributed by atoms with van der Waals surface area (Å²) in [6, 6.07) is 7.22. The van der Waals surface area contributed by atoms with Gasteiger partial charge >= 0.3 is 5.97 Å². The van der Waals surface area contributed by atoms with Crippen LogP contribution in [0.3, 0.4) is 0 Å². The second-order valence-corrected chi connectivity index (χ2v) is 8.30. The van der Waals surface area contributed by atoms with Gasteiger partial charge in [-0.2, -0.15) is 0 Å². The number of hydrogen-bond acceptors (Lipinski definition) is 6. The number of aryl methyl sites for hydroxylation is 1. The minimum absolute atomic E-state index is 0.0462. The lowest BCUT2D eigenvalue weighted by atomic mass is 9.96. The summed E-state index contributed by atoms with van der Waals surface area (Å²) in [5.74, 6) is 1.40. The van der Waals surface area contributed by atoms with Crippen LogP contribution in [0.5, 0.6) is 23.0 Å². The maximum absolute atomic E-state index is 12.9. The lowest BCUT2D eigenvalue weighted by Crippen LogP contribution is -2.16. The zero-order chi connectivity index (χ0) is 22.0. The number of aliphatic hydroxyl groups is 1. The molecule has 0 saturated heterocycles. The molecule has 0 fully saturated rings. The first-order valence-electron chi connectivity index (χ1n) is 10.2. The summed E-state index contributed by atoms with van der Waals surface area (Å²) >= 11 is 0. The largest absolute Gasteiger partial charge is 0.495 e. The van der Waals surface area contributed by atoms with Crippen LogP contribution in [0.4, 0.5) is 0 Å². The van der Waals surface area contributed by atoms with Crippen molar-refractivity contribution < 1.29 is 28.8 Å². The fourth-order valence-electron chi connectivity index (χ4n) is 3.62. The molecule has 0 spiro atoms. The molecule has 0 saturated carbocycles. The van der Waals surface area contributed by atoms with Crippen LogP contribution in [0.15, 0.2) is 24.3 Å². The number of cyclic esters (lactones) is 1. The monoisotopic (exact) mass is 414 g/mol. The van der Waals surface area contributed by atoms with Gasteiger partial charge < -0.3 is 24.1 Å². The number of methoxy groups -OCH3 is 1. The first-order valence-corrected chi connectivity index (χ1v) is 10.2. The number of benzene rings is 2. The van der Waals surface area contributed by atoms with Gasteiger partial charge in [0.25, 0.3) is 0 Å². The van der Waals surface area contributed by atoms with Crippen LogP contribution < -0.4 is 14.2 Å². The molecule has 30 heavy (non-hydrogen) atoms. The Balaban J connectivity index is 2.13. The Morgan fingerprint density at radius 3 is 2.53 bits per heavy atom. The number of aliphatic hydroxyl groups excluding tert-OH is 1. The fraction of sp³-hybridized carbons (Fsp3) is 0.458. The lowest BCUT2D eigenvalue weighted by molar-refractivity contribution is 0.0453. The first-order chi connectivity index (χ1) is 14.2. The molecule has 162 valence electrons. The molecule has 0 amide bonds. The molecule has 1 atom stereocenters. The van der Waals surface area contributed by atoms with Crippen LogP contribution in [0, 0.1) is 12.8 Å². The molecule has 0 radical (unpaired) electrons. The highest BCUT2D eigenvalue weighted by Gasteiger charge is 2.30. The molecule has 1 N–H and O–H groups in total. The number of hydrogen-bond donors (Lipinski definition) is 1. The molecule has 0 aliphatic carbocycles. The Morgan fingerprint density at radius 2 is 1.90 bits per heavy atom. The minimum atomic E-state index is -0.765. The van der Waals surface area contributed by atoms with Gasteiger partial charge in [-0.05, 0) is 62.9 Å². The Labute approximate surface area is 177 Å². The number of fused-ring (bicyclic) bond motifs is 2. The van der Waals surface area contributed by atoms with Gasteiger partial charge in [0.2, 0.25) is 0 Å². The molecule has 6 nitrogen and oxygen atoms in total. The van der Waals surface area contributed by atoms with Crippen molar-refractivity contribution in [1.29, 1.82) is 0 Å².